The van der Waals surface area contributed by atoms with Crippen molar-refractivity contribution in [3.63, 3.8) is 0 Å². The van der Waals surface area contributed by atoms with E-state index in [9.17, 15) is 4.79 Å². The summed E-state index contributed by atoms with van der Waals surface area (Å²) in [6.45, 7) is 2.10. The van der Waals surface area contributed by atoms with Gasteiger partial charge in [0.05, 0.1) is 8.66 Å². The number of hydrogen-bond donors (Lipinski definition) is 1. The fraction of sp³-hybridized carbons (Fsp3) is 0.500. The second kappa shape index (κ2) is 4.18. The van der Waals surface area contributed by atoms with Crippen molar-refractivity contribution in [2.24, 2.45) is 0 Å². The van der Waals surface area contributed by atoms with Gasteiger partial charge in [0.1, 0.15) is 0 Å². The molecule has 2 nitrogen and oxygen atoms in total. The first-order valence-electron chi connectivity index (χ1n) is 4.77. The standard InChI is InChI=1S/C10H11Br2NOS/c1-10(3-2-4-10)13-9(14)7-5-6(11)8(12)15-7/h5H,2-4H2,1H3,(H,13,14). The Kier molecular flexibility index (Phi) is 3.24. The van der Waals surface area contributed by atoms with E-state index >= 15 is 0 Å². The topological polar surface area (TPSA) is 29.1 Å². The van der Waals surface area contributed by atoms with E-state index in [1.165, 1.54) is 17.8 Å². The minimum atomic E-state index is 0.0278. The van der Waals surface area contributed by atoms with Crippen LogP contribution in [0.4, 0.5) is 0 Å². The third-order valence-electron chi connectivity index (χ3n) is 2.74. The van der Waals surface area contributed by atoms with Crippen LogP contribution in [0.25, 0.3) is 0 Å². The molecule has 1 N–H and O–H groups in total. The van der Waals surface area contributed by atoms with E-state index in [4.69, 9.17) is 0 Å². The van der Waals surface area contributed by atoms with E-state index in [-0.39, 0.29) is 11.4 Å². The Balaban J connectivity index is 2.07. The van der Waals surface area contributed by atoms with Crippen molar-refractivity contribution in [1.29, 1.82) is 0 Å². The van der Waals surface area contributed by atoms with Crippen molar-refractivity contribution >= 4 is 49.1 Å². The fourth-order valence-corrected chi connectivity index (χ4v) is 3.56. The van der Waals surface area contributed by atoms with Crippen LogP contribution in [0.2, 0.25) is 0 Å². The van der Waals surface area contributed by atoms with Gasteiger partial charge in [0.15, 0.2) is 0 Å². The zero-order valence-corrected chi connectivity index (χ0v) is 12.3. The number of amides is 1. The third-order valence-corrected chi connectivity index (χ3v) is 6.00. The molecule has 0 bridgehead atoms. The maximum atomic E-state index is 11.9. The highest BCUT2D eigenvalue weighted by Crippen LogP contribution is 2.34. The van der Waals surface area contributed by atoms with Crippen molar-refractivity contribution in [1.82, 2.24) is 5.32 Å². The molecular weight excluding hydrogens is 342 g/mol. The summed E-state index contributed by atoms with van der Waals surface area (Å²) in [6.07, 6.45) is 3.40. The Hall–Kier alpha value is 0.130. The van der Waals surface area contributed by atoms with Gasteiger partial charge in [0.2, 0.25) is 0 Å². The van der Waals surface area contributed by atoms with E-state index in [1.54, 1.807) is 0 Å². The zero-order chi connectivity index (χ0) is 11.1. The number of nitrogens with one attached hydrogen (secondary N) is 1. The Morgan fingerprint density at radius 2 is 2.20 bits per heavy atom. The van der Waals surface area contributed by atoms with Crippen molar-refractivity contribution in [3.05, 3.63) is 19.2 Å². The molecular formula is C10H11Br2NOS. The van der Waals surface area contributed by atoms with Gasteiger partial charge in [0, 0.05) is 10.0 Å². The molecule has 0 unspecified atom stereocenters. The Morgan fingerprint density at radius 1 is 1.53 bits per heavy atom. The number of carbonyl (C=O) groups is 1. The van der Waals surface area contributed by atoms with Gasteiger partial charge in [0.25, 0.3) is 5.91 Å². The molecule has 1 aliphatic carbocycles. The van der Waals surface area contributed by atoms with Gasteiger partial charge in [-0.25, -0.2) is 0 Å². The largest absolute Gasteiger partial charge is 0.346 e. The summed E-state index contributed by atoms with van der Waals surface area (Å²) in [7, 11) is 0. The molecule has 0 saturated heterocycles. The molecule has 15 heavy (non-hydrogen) atoms. The van der Waals surface area contributed by atoms with Crippen LogP contribution in [0.1, 0.15) is 35.9 Å². The Bertz CT molecular complexity index is 379. The van der Waals surface area contributed by atoms with Crippen LogP contribution < -0.4 is 5.32 Å². The highest BCUT2D eigenvalue weighted by Gasteiger charge is 2.33. The predicted octanol–water partition coefficient (Wildman–Crippen LogP) is 3.95. The summed E-state index contributed by atoms with van der Waals surface area (Å²) >= 11 is 8.22. The van der Waals surface area contributed by atoms with E-state index < -0.39 is 0 Å². The molecule has 0 atom stereocenters. The van der Waals surface area contributed by atoms with Crippen molar-refractivity contribution in [2.75, 3.05) is 0 Å². The molecule has 1 heterocycles. The van der Waals surface area contributed by atoms with Gasteiger partial charge in [-0.1, -0.05) is 0 Å². The highest BCUT2D eigenvalue weighted by atomic mass is 79.9. The van der Waals surface area contributed by atoms with Crippen LogP contribution >= 0.6 is 43.2 Å². The minimum Gasteiger partial charge on any atom is -0.346 e. The lowest BCUT2D eigenvalue weighted by atomic mass is 9.78. The molecule has 1 amide bonds. The van der Waals surface area contributed by atoms with E-state index in [0.717, 1.165) is 26.0 Å². The summed E-state index contributed by atoms with van der Waals surface area (Å²) in [4.78, 5) is 12.6. The first-order chi connectivity index (χ1) is 7.00. The third kappa shape index (κ3) is 2.45. The lowest BCUT2D eigenvalue weighted by molar-refractivity contribution is 0.0854. The first kappa shape index (κ1) is 11.6. The molecule has 1 fully saturated rings. The molecule has 0 aromatic carbocycles. The van der Waals surface area contributed by atoms with Gasteiger partial charge >= 0.3 is 0 Å². The Labute approximate surface area is 110 Å². The van der Waals surface area contributed by atoms with Crippen LogP contribution in [0, 0.1) is 0 Å². The molecule has 2 rings (SSSR count). The first-order valence-corrected chi connectivity index (χ1v) is 7.18. The molecule has 0 spiro atoms. The maximum absolute atomic E-state index is 11.9. The van der Waals surface area contributed by atoms with Crippen LogP contribution in [0.15, 0.2) is 14.3 Å². The number of hydrogen-bond acceptors (Lipinski definition) is 2. The highest BCUT2D eigenvalue weighted by molar-refractivity contribution is 9.13. The molecule has 1 aromatic heterocycles. The summed E-state index contributed by atoms with van der Waals surface area (Å²) in [5.74, 6) is 0.0357. The Morgan fingerprint density at radius 3 is 2.60 bits per heavy atom. The summed E-state index contributed by atoms with van der Waals surface area (Å²) in [5.41, 5.74) is 0.0278. The maximum Gasteiger partial charge on any atom is 0.261 e. The van der Waals surface area contributed by atoms with E-state index in [0.29, 0.717) is 0 Å². The average Bonchev–Trinajstić information content (AvgIpc) is 2.44. The lowest BCUT2D eigenvalue weighted by Crippen LogP contribution is -2.50. The van der Waals surface area contributed by atoms with Gasteiger partial charge in [-0.3, -0.25) is 4.79 Å². The molecule has 0 aliphatic heterocycles. The van der Waals surface area contributed by atoms with Crippen LogP contribution in [0.3, 0.4) is 0 Å². The van der Waals surface area contributed by atoms with Gasteiger partial charge in [-0.2, -0.15) is 0 Å². The van der Waals surface area contributed by atoms with Gasteiger partial charge < -0.3 is 5.32 Å². The molecule has 1 aromatic rings. The second-order valence-corrected chi connectivity index (χ2v) is 7.33. The molecule has 82 valence electrons. The second-order valence-electron chi connectivity index (χ2n) is 4.10. The SMILES string of the molecule is CC1(NC(=O)c2cc(Br)c(Br)s2)CCC1. The van der Waals surface area contributed by atoms with Crippen LogP contribution in [-0.2, 0) is 0 Å². The molecule has 1 saturated carbocycles. The summed E-state index contributed by atoms with van der Waals surface area (Å²) in [6, 6.07) is 1.85. The molecule has 0 radical (unpaired) electrons. The van der Waals surface area contributed by atoms with Crippen LogP contribution in [-0.4, -0.2) is 11.4 Å². The summed E-state index contributed by atoms with van der Waals surface area (Å²) in [5, 5.41) is 3.08. The number of thiophene rings is 1. The van der Waals surface area contributed by atoms with Gasteiger partial charge in [-0.15, -0.1) is 11.3 Å². The number of halogens is 2. The molecule has 1 aliphatic rings. The van der Waals surface area contributed by atoms with E-state index in [1.807, 2.05) is 6.07 Å². The number of carbonyl (C=O) groups excluding carboxylic acids is 1. The van der Waals surface area contributed by atoms with Crippen LogP contribution in [0.5, 0.6) is 0 Å². The normalized spacial score (nSPS) is 18.3. The van der Waals surface area contributed by atoms with Crippen molar-refractivity contribution in [2.45, 2.75) is 31.7 Å². The van der Waals surface area contributed by atoms with Crippen molar-refractivity contribution < 1.29 is 4.79 Å². The number of rotatable bonds is 2. The van der Waals surface area contributed by atoms with Gasteiger partial charge in [-0.05, 0) is 64.1 Å². The van der Waals surface area contributed by atoms with Crippen molar-refractivity contribution in [3.8, 4) is 0 Å². The average molecular weight is 353 g/mol. The fourth-order valence-electron chi connectivity index (χ4n) is 1.63. The smallest absolute Gasteiger partial charge is 0.261 e. The van der Waals surface area contributed by atoms with E-state index in [2.05, 4.69) is 44.1 Å². The minimum absolute atomic E-state index is 0.0278. The predicted molar refractivity (Wildman–Crippen MR) is 69.4 cm³/mol. The lowest BCUT2D eigenvalue weighted by Gasteiger charge is -2.38. The monoisotopic (exact) mass is 351 g/mol. The molecule has 5 heteroatoms. The quantitative estimate of drug-likeness (QED) is 0.857. The summed E-state index contributed by atoms with van der Waals surface area (Å²) < 4.78 is 1.91. The zero-order valence-electron chi connectivity index (χ0n) is 8.27.